The summed E-state index contributed by atoms with van der Waals surface area (Å²) in [6.45, 7) is 1.84. The normalized spacial score (nSPS) is 19.4. The van der Waals surface area contributed by atoms with E-state index in [-0.39, 0.29) is 5.41 Å². The predicted octanol–water partition coefficient (Wildman–Crippen LogP) is 2.16. The number of aldehydes is 1. The minimum absolute atomic E-state index is 0.0316. The van der Waals surface area contributed by atoms with Gasteiger partial charge in [-0.2, -0.15) is 0 Å². The van der Waals surface area contributed by atoms with Crippen LogP contribution in [-0.2, 0) is 4.79 Å². The van der Waals surface area contributed by atoms with Crippen molar-refractivity contribution < 1.29 is 4.79 Å². The van der Waals surface area contributed by atoms with E-state index in [0.29, 0.717) is 0 Å². The molecule has 0 unspecified atom stereocenters. The molecule has 1 fully saturated rings. The lowest BCUT2D eigenvalue weighted by molar-refractivity contribution is -0.120. The van der Waals surface area contributed by atoms with Gasteiger partial charge in [0, 0.05) is 11.8 Å². The van der Waals surface area contributed by atoms with Crippen LogP contribution in [0, 0.1) is 17.3 Å². The lowest BCUT2D eigenvalue weighted by atomic mass is 9.67. The molecule has 1 heteroatoms. The molecule has 0 amide bonds. The van der Waals surface area contributed by atoms with E-state index in [9.17, 15) is 4.79 Å². The van der Waals surface area contributed by atoms with Crippen molar-refractivity contribution in [2.24, 2.45) is 5.41 Å². The molecule has 0 saturated heterocycles. The minimum atomic E-state index is 0.0316. The molecule has 0 aromatic carbocycles. The van der Waals surface area contributed by atoms with E-state index < -0.39 is 0 Å². The first-order chi connectivity index (χ1) is 5.33. The van der Waals surface area contributed by atoms with Crippen LogP contribution in [0.5, 0.6) is 0 Å². The van der Waals surface area contributed by atoms with Crippen molar-refractivity contribution in [3.05, 3.63) is 0 Å². The van der Waals surface area contributed by atoms with Crippen LogP contribution in [0.1, 0.15) is 39.0 Å². The Kier molecular flexibility index (Phi) is 2.70. The van der Waals surface area contributed by atoms with Crippen molar-refractivity contribution in [3.63, 3.8) is 0 Å². The van der Waals surface area contributed by atoms with E-state index in [4.69, 9.17) is 0 Å². The topological polar surface area (TPSA) is 17.1 Å². The predicted molar refractivity (Wildman–Crippen MR) is 45.0 cm³/mol. The minimum Gasteiger partial charge on any atom is -0.303 e. The van der Waals surface area contributed by atoms with Gasteiger partial charge in [0.2, 0.25) is 0 Å². The molecule has 0 aromatic heterocycles. The summed E-state index contributed by atoms with van der Waals surface area (Å²) in [6, 6.07) is 0. The van der Waals surface area contributed by atoms with E-state index >= 15 is 0 Å². The average molecular weight is 150 g/mol. The average Bonchev–Trinajstić information content (AvgIpc) is 1.95. The molecule has 1 nitrogen and oxygen atoms in total. The summed E-state index contributed by atoms with van der Waals surface area (Å²) in [5.74, 6) is 5.84. The third kappa shape index (κ3) is 1.83. The summed E-state index contributed by atoms with van der Waals surface area (Å²) in [5, 5.41) is 0. The van der Waals surface area contributed by atoms with Crippen LogP contribution >= 0.6 is 0 Å². The molecule has 1 aliphatic rings. The van der Waals surface area contributed by atoms with Crippen LogP contribution in [0.3, 0.4) is 0 Å². The molecular weight excluding hydrogens is 136 g/mol. The third-order valence-electron chi connectivity index (χ3n) is 2.52. The molecule has 1 aliphatic carbocycles. The fourth-order valence-corrected chi connectivity index (χ4v) is 1.49. The number of hydrogen-bond acceptors (Lipinski definition) is 1. The molecule has 0 atom stereocenters. The lowest BCUT2D eigenvalue weighted by Crippen LogP contribution is -2.30. The van der Waals surface area contributed by atoms with Crippen molar-refractivity contribution >= 4 is 6.29 Å². The highest BCUT2D eigenvalue weighted by molar-refractivity contribution is 5.60. The van der Waals surface area contributed by atoms with Crippen LogP contribution in [0.2, 0.25) is 0 Å². The lowest BCUT2D eigenvalue weighted by Gasteiger charge is -2.36. The highest BCUT2D eigenvalue weighted by atomic mass is 16.1. The molecule has 60 valence electrons. The molecule has 11 heavy (non-hydrogen) atoms. The quantitative estimate of drug-likeness (QED) is 0.445. The monoisotopic (exact) mass is 150 g/mol. The standard InChI is InChI=1S/C10H14O/c1-2-3-4-6-10(9-11)7-5-8-10/h9H,4-8H2,1H3. The molecule has 0 spiro atoms. The maximum absolute atomic E-state index is 10.7. The third-order valence-corrected chi connectivity index (χ3v) is 2.52. The number of rotatable bonds is 3. The zero-order valence-electron chi connectivity index (χ0n) is 7.02. The van der Waals surface area contributed by atoms with E-state index in [1.54, 1.807) is 0 Å². The highest BCUT2D eigenvalue weighted by Gasteiger charge is 2.35. The number of carbonyl (C=O) groups is 1. The second kappa shape index (κ2) is 3.57. The summed E-state index contributed by atoms with van der Waals surface area (Å²) in [7, 11) is 0. The summed E-state index contributed by atoms with van der Waals surface area (Å²) in [4.78, 5) is 10.7. The Morgan fingerprint density at radius 3 is 2.64 bits per heavy atom. The van der Waals surface area contributed by atoms with Gasteiger partial charge in [0.05, 0.1) is 0 Å². The van der Waals surface area contributed by atoms with E-state index in [1.165, 1.54) is 6.42 Å². The number of hydrogen-bond donors (Lipinski definition) is 0. The van der Waals surface area contributed by atoms with Gasteiger partial charge >= 0.3 is 0 Å². The van der Waals surface area contributed by atoms with E-state index in [2.05, 4.69) is 11.8 Å². The van der Waals surface area contributed by atoms with Crippen molar-refractivity contribution in [2.45, 2.75) is 39.0 Å². The molecule has 0 heterocycles. The Morgan fingerprint density at radius 2 is 2.27 bits per heavy atom. The largest absolute Gasteiger partial charge is 0.303 e. The van der Waals surface area contributed by atoms with Gasteiger partial charge in [0.1, 0.15) is 6.29 Å². The van der Waals surface area contributed by atoms with Crippen LogP contribution < -0.4 is 0 Å². The zero-order chi connectivity index (χ0) is 8.16. The van der Waals surface area contributed by atoms with Gasteiger partial charge < -0.3 is 4.79 Å². The summed E-state index contributed by atoms with van der Waals surface area (Å²) in [6.07, 6.45) is 6.38. The molecule has 1 rings (SSSR count). The van der Waals surface area contributed by atoms with Gasteiger partial charge in [0.15, 0.2) is 0 Å². The Balaban J connectivity index is 2.31. The van der Waals surface area contributed by atoms with Crippen molar-refractivity contribution in [1.82, 2.24) is 0 Å². The zero-order valence-corrected chi connectivity index (χ0v) is 7.02. The SMILES string of the molecule is CC#CCCC1(C=O)CCC1. The highest BCUT2D eigenvalue weighted by Crippen LogP contribution is 2.42. The van der Waals surface area contributed by atoms with Gasteiger partial charge in [-0.25, -0.2) is 0 Å². The first-order valence-corrected chi connectivity index (χ1v) is 4.19. The van der Waals surface area contributed by atoms with Gasteiger partial charge in [-0.3, -0.25) is 0 Å². The Bertz CT molecular complexity index is 191. The van der Waals surface area contributed by atoms with Crippen molar-refractivity contribution in [2.75, 3.05) is 0 Å². The second-order valence-corrected chi connectivity index (χ2v) is 3.26. The molecular formula is C10H14O. The fourth-order valence-electron chi connectivity index (χ4n) is 1.49. The maximum Gasteiger partial charge on any atom is 0.126 e. The summed E-state index contributed by atoms with van der Waals surface area (Å²) < 4.78 is 0. The smallest absolute Gasteiger partial charge is 0.126 e. The Hall–Kier alpha value is -0.770. The first kappa shape index (κ1) is 8.33. The maximum atomic E-state index is 10.7. The van der Waals surface area contributed by atoms with Crippen LogP contribution in [0.25, 0.3) is 0 Å². The molecule has 0 radical (unpaired) electrons. The second-order valence-electron chi connectivity index (χ2n) is 3.26. The number of carbonyl (C=O) groups excluding carboxylic acids is 1. The van der Waals surface area contributed by atoms with Crippen molar-refractivity contribution in [3.8, 4) is 11.8 Å². The first-order valence-electron chi connectivity index (χ1n) is 4.19. The van der Waals surface area contributed by atoms with Gasteiger partial charge in [0.25, 0.3) is 0 Å². The van der Waals surface area contributed by atoms with Crippen LogP contribution in [0.4, 0.5) is 0 Å². The van der Waals surface area contributed by atoms with Crippen molar-refractivity contribution in [1.29, 1.82) is 0 Å². The molecule has 0 aromatic rings. The Labute approximate surface area is 68.2 Å². The van der Waals surface area contributed by atoms with Gasteiger partial charge in [-0.15, -0.1) is 11.8 Å². The summed E-state index contributed by atoms with van der Waals surface area (Å²) in [5.41, 5.74) is 0.0316. The molecule has 0 bridgehead atoms. The summed E-state index contributed by atoms with van der Waals surface area (Å²) >= 11 is 0. The van der Waals surface area contributed by atoms with Crippen LogP contribution in [-0.4, -0.2) is 6.29 Å². The molecule has 1 saturated carbocycles. The molecule has 0 N–H and O–H groups in total. The van der Waals surface area contributed by atoms with E-state index in [1.807, 2.05) is 6.92 Å². The van der Waals surface area contributed by atoms with Gasteiger partial charge in [-0.1, -0.05) is 6.42 Å². The van der Waals surface area contributed by atoms with Crippen LogP contribution in [0.15, 0.2) is 0 Å². The van der Waals surface area contributed by atoms with E-state index in [0.717, 1.165) is 32.0 Å². The Morgan fingerprint density at radius 1 is 1.55 bits per heavy atom. The van der Waals surface area contributed by atoms with Gasteiger partial charge in [-0.05, 0) is 26.2 Å². The molecule has 0 aliphatic heterocycles. The fraction of sp³-hybridized carbons (Fsp3) is 0.700.